The summed E-state index contributed by atoms with van der Waals surface area (Å²) in [5, 5.41) is 8.60. The van der Waals surface area contributed by atoms with Crippen molar-refractivity contribution in [2.45, 2.75) is 5.92 Å². The molecule has 0 radical (unpaired) electrons. The highest BCUT2D eigenvalue weighted by Crippen LogP contribution is 2.35. The van der Waals surface area contributed by atoms with Crippen LogP contribution in [-0.4, -0.2) is 17.4 Å². The molecule has 1 aromatic heterocycles. The summed E-state index contributed by atoms with van der Waals surface area (Å²) < 4.78 is 0. The van der Waals surface area contributed by atoms with Crippen molar-refractivity contribution in [1.82, 2.24) is 4.98 Å². The molecule has 3 aromatic rings. The van der Waals surface area contributed by atoms with E-state index in [-0.39, 0.29) is 11.8 Å². The Morgan fingerprint density at radius 2 is 1.95 bits per heavy atom. The van der Waals surface area contributed by atoms with Crippen LogP contribution in [0, 0.1) is 0 Å². The van der Waals surface area contributed by atoms with Crippen molar-refractivity contribution in [2.24, 2.45) is 0 Å². The Morgan fingerprint density at radius 1 is 1.14 bits per heavy atom. The van der Waals surface area contributed by atoms with Crippen LogP contribution < -0.4 is 10.6 Å². The standard InChI is InChI=1S/C18H15N3O/c22-18(21-14-6-3-7-19-10-14)16-11-20-17-9-13-5-2-1-4-12(13)8-15(16)17/h1-10,16,20H,11H2,(H,21,22). The minimum atomic E-state index is -0.181. The molecular formula is C18H15N3O. The maximum absolute atomic E-state index is 12.5. The van der Waals surface area contributed by atoms with E-state index in [0.717, 1.165) is 22.3 Å². The van der Waals surface area contributed by atoms with E-state index in [9.17, 15) is 4.79 Å². The molecule has 0 spiro atoms. The molecule has 0 saturated heterocycles. The van der Waals surface area contributed by atoms with Gasteiger partial charge in [0.15, 0.2) is 0 Å². The van der Waals surface area contributed by atoms with Crippen LogP contribution in [0.25, 0.3) is 10.8 Å². The molecule has 4 nitrogen and oxygen atoms in total. The second kappa shape index (κ2) is 5.15. The Balaban J connectivity index is 1.66. The number of anilines is 2. The highest BCUT2D eigenvalue weighted by Gasteiger charge is 2.28. The summed E-state index contributed by atoms with van der Waals surface area (Å²) >= 11 is 0. The number of hydrogen-bond acceptors (Lipinski definition) is 3. The van der Waals surface area contributed by atoms with Gasteiger partial charge in [0, 0.05) is 18.4 Å². The first kappa shape index (κ1) is 12.8. The van der Waals surface area contributed by atoms with E-state index >= 15 is 0 Å². The largest absolute Gasteiger partial charge is 0.384 e. The Hall–Kier alpha value is -2.88. The molecule has 4 heteroatoms. The van der Waals surface area contributed by atoms with Crippen LogP contribution in [0.2, 0.25) is 0 Å². The lowest BCUT2D eigenvalue weighted by Crippen LogP contribution is -2.22. The fourth-order valence-electron chi connectivity index (χ4n) is 2.92. The smallest absolute Gasteiger partial charge is 0.233 e. The number of hydrogen-bond donors (Lipinski definition) is 2. The van der Waals surface area contributed by atoms with Gasteiger partial charge in [0.25, 0.3) is 0 Å². The molecule has 22 heavy (non-hydrogen) atoms. The summed E-state index contributed by atoms with van der Waals surface area (Å²) in [4.78, 5) is 16.6. The fraction of sp³-hybridized carbons (Fsp3) is 0.111. The zero-order valence-corrected chi connectivity index (χ0v) is 11.9. The second-order valence-electron chi connectivity index (χ2n) is 5.45. The van der Waals surface area contributed by atoms with Gasteiger partial charge in [-0.1, -0.05) is 24.3 Å². The Bertz CT molecular complexity index is 845. The van der Waals surface area contributed by atoms with Gasteiger partial charge in [0.1, 0.15) is 0 Å². The summed E-state index contributed by atoms with van der Waals surface area (Å²) in [6.07, 6.45) is 3.34. The highest BCUT2D eigenvalue weighted by molar-refractivity contribution is 6.00. The lowest BCUT2D eigenvalue weighted by atomic mass is 9.97. The minimum absolute atomic E-state index is 0.00506. The molecule has 2 heterocycles. The van der Waals surface area contributed by atoms with Gasteiger partial charge < -0.3 is 10.6 Å². The van der Waals surface area contributed by atoms with Gasteiger partial charge in [0.05, 0.1) is 17.8 Å². The zero-order chi connectivity index (χ0) is 14.9. The average Bonchev–Trinajstić information content (AvgIpc) is 2.96. The normalized spacial score (nSPS) is 16.1. The van der Waals surface area contributed by atoms with Gasteiger partial charge in [-0.05, 0) is 40.6 Å². The summed E-state index contributed by atoms with van der Waals surface area (Å²) in [7, 11) is 0. The number of nitrogens with one attached hydrogen (secondary N) is 2. The average molecular weight is 289 g/mol. The molecule has 1 aliphatic heterocycles. The van der Waals surface area contributed by atoms with Gasteiger partial charge in [-0.2, -0.15) is 0 Å². The van der Waals surface area contributed by atoms with Crippen LogP contribution in [0.4, 0.5) is 11.4 Å². The Kier molecular flexibility index (Phi) is 3.00. The topological polar surface area (TPSA) is 54.0 Å². The number of aromatic nitrogens is 1. The van der Waals surface area contributed by atoms with E-state index < -0.39 is 0 Å². The lowest BCUT2D eigenvalue weighted by Gasteiger charge is -2.11. The first-order chi connectivity index (χ1) is 10.8. The van der Waals surface area contributed by atoms with Crippen LogP contribution >= 0.6 is 0 Å². The first-order valence-corrected chi connectivity index (χ1v) is 7.29. The van der Waals surface area contributed by atoms with Crippen molar-refractivity contribution in [3.05, 3.63) is 66.5 Å². The number of benzene rings is 2. The zero-order valence-electron chi connectivity index (χ0n) is 11.9. The SMILES string of the molecule is O=C(Nc1cccnc1)C1CNc2cc3ccccc3cc21. The Morgan fingerprint density at radius 3 is 2.73 bits per heavy atom. The third-order valence-electron chi connectivity index (χ3n) is 4.04. The Labute approximate surface area is 128 Å². The third-order valence-corrected chi connectivity index (χ3v) is 4.04. The maximum Gasteiger partial charge on any atom is 0.233 e. The molecule has 0 saturated carbocycles. The highest BCUT2D eigenvalue weighted by atomic mass is 16.1. The van der Waals surface area contributed by atoms with Gasteiger partial charge in [-0.3, -0.25) is 9.78 Å². The van der Waals surface area contributed by atoms with Crippen molar-refractivity contribution in [2.75, 3.05) is 17.2 Å². The van der Waals surface area contributed by atoms with Crippen molar-refractivity contribution in [3.8, 4) is 0 Å². The molecule has 0 bridgehead atoms. The lowest BCUT2D eigenvalue weighted by molar-refractivity contribution is -0.117. The summed E-state index contributed by atoms with van der Waals surface area (Å²) in [6, 6.07) is 16.1. The summed E-state index contributed by atoms with van der Waals surface area (Å²) in [5.41, 5.74) is 2.83. The van der Waals surface area contributed by atoms with Crippen LogP contribution in [0.3, 0.4) is 0 Å². The number of pyridine rings is 1. The molecule has 2 aromatic carbocycles. The second-order valence-corrected chi connectivity index (χ2v) is 5.45. The van der Waals surface area contributed by atoms with Gasteiger partial charge in [-0.25, -0.2) is 0 Å². The molecule has 1 amide bonds. The van der Waals surface area contributed by atoms with Gasteiger partial charge in [0.2, 0.25) is 5.91 Å². The fourth-order valence-corrected chi connectivity index (χ4v) is 2.92. The summed E-state index contributed by atoms with van der Waals surface area (Å²) in [6.45, 7) is 0.623. The number of amides is 1. The van der Waals surface area contributed by atoms with E-state index in [2.05, 4.69) is 39.9 Å². The molecule has 4 rings (SSSR count). The number of nitrogens with zero attached hydrogens (tertiary/aromatic N) is 1. The molecular weight excluding hydrogens is 274 g/mol. The van der Waals surface area contributed by atoms with E-state index in [1.807, 2.05) is 24.3 Å². The van der Waals surface area contributed by atoms with Crippen molar-refractivity contribution >= 4 is 28.1 Å². The predicted octanol–water partition coefficient (Wildman–Crippen LogP) is 3.38. The molecule has 108 valence electrons. The predicted molar refractivity (Wildman–Crippen MR) is 88.0 cm³/mol. The molecule has 1 aliphatic rings. The third kappa shape index (κ3) is 2.19. The molecule has 2 N–H and O–H groups in total. The van der Waals surface area contributed by atoms with Crippen molar-refractivity contribution < 1.29 is 4.79 Å². The number of carbonyl (C=O) groups excluding carboxylic acids is 1. The van der Waals surface area contributed by atoms with Crippen molar-refractivity contribution in [1.29, 1.82) is 0 Å². The van der Waals surface area contributed by atoms with Gasteiger partial charge in [-0.15, -0.1) is 0 Å². The van der Waals surface area contributed by atoms with Crippen LogP contribution in [-0.2, 0) is 4.79 Å². The monoisotopic (exact) mass is 289 g/mol. The minimum Gasteiger partial charge on any atom is -0.384 e. The van der Waals surface area contributed by atoms with E-state index in [1.54, 1.807) is 12.4 Å². The molecule has 0 fully saturated rings. The first-order valence-electron chi connectivity index (χ1n) is 7.29. The molecule has 1 atom stereocenters. The van der Waals surface area contributed by atoms with Gasteiger partial charge >= 0.3 is 0 Å². The maximum atomic E-state index is 12.5. The quantitative estimate of drug-likeness (QED) is 0.760. The van der Waals surface area contributed by atoms with Crippen LogP contribution in [0.5, 0.6) is 0 Å². The summed E-state index contributed by atoms with van der Waals surface area (Å²) in [5.74, 6) is -0.186. The number of rotatable bonds is 2. The van der Waals surface area contributed by atoms with Crippen LogP contribution in [0.1, 0.15) is 11.5 Å². The van der Waals surface area contributed by atoms with Crippen LogP contribution in [0.15, 0.2) is 60.9 Å². The van der Waals surface area contributed by atoms with E-state index in [0.29, 0.717) is 6.54 Å². The molecule has 1 unspecified atom stereocenters. The number of carbonyl (C=O) groups is 1. The number of fused-ring (bicyclic) bond motifs is 2. The van der Waals surface area contributed by atoms with E-state index in [1.165, 1.54) is 5.39 Å². The molecule has 0 aliphatic carbocycles. The van der Waals surface area contributed by atoms with Crippen molar-refractivity contribution in [3.63, 3.8) is 0 Å². The van der Waals surface area contributed by atoms with E-state index in [4.69, 9.17) is 0 Å².